The molecule has 1 aliphatic heterocycles. The SMILES string of the molecule is CN(CC1COCCO1)S(=O)(=O)[N-]c1ccc2ccc3ncc(-c4ccn(C)n4)cc3c(=O)c2c1.O.O.[Na+]. The minimum atomic E-state index is -4.00. The minimum Gasteiger partial charge on any atom is -0.564 e. The molecule has 0 radical (unpaired) electrons. The Hall–Kier alpha value is -2.46. The molecule has 198 valence electrons. The molecule has 0 spiro atoms. The van der Waals surface area contributed by atoms with Crippen molar-refractivity contribution >= 4 is 37.6 Å². The molecule has 4 N–H and O–H groups in total. The fourth-order valence-corrected chi connectivity index (χ4v) is 4.86. The number of fused-ring (bicyclic) bond motifs is 2. The van der Waals surface area contributed by atoms with Crippen molar-refractivity contribution in [1.82, 2.24) is 19.1 Å². The summed E-state index contributed by atoms with van der Waals surface area (Å²) in [5.41, 5.74) is 1.85. The van der Waals surface area contributed by atoms with Crippen molar-refractivity contribution < 1.29 is 58.4 Å². The zero-order valence-corrected chi connectivity index (χ0v) is 24.1. The van der Waals surface area contributed by atoms with Crippen LogP contribution in [0.15, 0.2) is 59.7 Å². The number of hydrogen-bond acceptors (Lipinski definition) is 7. The standard InChI is InChI=1S/C24H25N5O5S.Na.2H2O/c1-28-8-7-22(26-28)17-11-21-23(25-13-17)6-4-16-3-5-18(12-20(16)24(21)30)27-35(31,32)29(2)14-19-15-33-9-10-34-19;;;/h3-8,11-13,19H,9-10,14-15H2,1-2H3,(H,25,26,27,30);;2*1H2/q;+1;;/p-1. The first-order valence-corrected chi connectivity index (χ1v) is 12.5. The molecule has 0 amide bonds. The van der Waals surface area contributed by atoms with Crippen LogP contribution >= 0.6 is 0 Å². The molecule has 1 aliphatic rings. The van der Waals surface area contributed by atoms with Crippen LogP contribution in [0.2, 0.25) is 0 Å². The number of likely N-dealkylation sites (N-methyl/N-ethyl adjacent to an activating group) is 1. The summed E-state index contributed by atoms with van der Waals surface area (Å²) < 4.78 is 43.3. The topological polar surface area (TPSA) is 181 Å². The molecule has 4 aromatic rings. The summed E-state index contributed by atoms with van der Waals surface area (Å²) in [6.07, 6.45) is 3.14. The number of rotatable bonds is 6. The smallest absolute Gasteiger partial charge is 0.564 e. The summed E-state index contributed by atoms with van der Waals surface area (Å²) in [5.74, 6) is 0. The van der Waals surface area contributed by atoms with Gasteiger partial charge in [0, 0.05) is 49.4 Å². The van der Waals surface area contributed by atoms with Crippen LogP contribution in [0.3, 0.4) is 0 Å². The third-order valence-corrected chi connectivity index (χ3v) is 7.21. The van der Waals surface area contributed by atoms with E-state index in [1.165, 1.54) is 13.1 Å². The van der Waals surface area contributed by atoms with E-state index in [2.05, 4.69) is 14.8 Å². The van der Waals surface area contributed by atoms with Crippen molar-refractivity contribution in [1.29, 1.82) is 0 Å². The van der Waals surface area contributed by atoms with E-state index >= 15 is 0 Å². The first-order chi connectivity index (χ1) is 16.8. The number of aryl methyl sites for hydroxylation is 1. The molecule has 1 saturated heterocycles. The molecule has 14 heteroatoms. The van der Waals surface area contributed by atoms with Crippen LogP contribution in [0.1, 0.15) is 0 Å². The quantitative estimate of drug-likeness (QED) is 0.250. The Morgan fingerprint density at radius 3 is 2.55 bits per heavy atom. The molecule has 1 fully saturated rings. The third kappa shape index (κ3) is 6.75. The average Bonchev–Trinajstić information content (AvgIpc) is 3.23. The Morgan fingerprint density at radius 1 is 1.11 bits per heavy atom. The van der Waals surface area contributed by atoms with E-state index in [1.54, 1.807) is 41.2 Å². The normalized spacial score (nSPS) is 15.4. The molecule has 12 nitrogen and oxygen atoms in total. The van der Waals surface area contributed by atoms with E-state index in [0.717, 1.165) is 4.31 Å². The maximum absolute atomic E-state index is 13.5. The molecule has 5 rings (SSSR count). The van der Waals surface area contributed by atoms with Crippen LogP contribution < -0.4 is 35.0 Å². The number of ether oxygens (including phenoxy) is 2. The predicted molar refractivity (Wildman–Crippen MR) is 140 cm³/mol. The van der Waals surface area contributed by atoms with Gasteiger partial charge in [0.1, 0.15) is 0 Å². The zero-order valence-electron chi connectivity index (χ0n) is 21.3. The summed E-state index contributed by atoms with van der Waals surface area (Å²) >= 11 is 0. The maximum Gasteiger partial charge on any atom is 1.00 e. The molecule has 2 aromatic heterocycles. The van der Waals surface area contributed by atoms with Crippen molar-refractivity contribution in [3.63, 3.8) is 0 Å². The third-order valence-electron chi connectivity index (χ3n) is 5.84. The fourth-order valence-electron chi connectivity index (χ4n) is 3.98. The Bertz CT molecular complexity index is 1580. The second-order valence-electron chi connectivity index (χ2n) is 8.38. The van der Waals surface area contributed by atoms with E-state index in [1.807, 2.05) is 19.3 Å². The van der Waals surface area contributed by atoms with Gasteiger partial charge in [-0.25, -0.2) is 12.7 Å². The first kappa shape index (κ1) is 31.8. The van der Waals surface area contributed by atoms with Crippen LogP contribution in [0.25, 0.3) is 37.7 Å². The van der Waals surface area contributed by atoms with Crippen LogP contribution in [0.5, 0.6) is 0 Å². The van der Waals surface area contributed by atoms with E-state index < -0.39 is 10.2 Å². The Balaban J connectivity index is 0.00000169. The average molecular weight is 554 g/mol. The van der Waals surface area contributed by atoms with Crippen molar-refractivity contribution in [2.24, 2.45) is 7.05 Å². The van der Waals surface area contributed by atoms with Crippen LogP contribution in [-0.4, -0.2) is 78.0 Å². The predicted octanol–water partition coefficient (Wildman–Crippen LogP) is -1.90. The molecule has 38 heavy (non-hydrogen) atoms. The van der Waals surface area contributed by atoms with Crippen LogP contribution in [0, 0.1) is 0 Å². The first-order valence-electron chi connectivity index (χ1n) is 11.1. The molecule has 0 aliphatic carbocycles. The van der Waals surface area contributed by atoms with E-state index in [9.17, 15) is 13.2 Å². The molecular formula is C24H28N5NaO7S. The molecule has 3 heterocycles. The van der Waals surface area contributed by atoms with Crippen molar-refractivity contribution in [2.45, 2.75) is 6.10 Å². The summed E-state index contributed by atoms with van der Waals surface area (Å²) in [6.45, 7) is 1.37. The monoisotopic (exact) mass is 553 g/mol. The number of hydrogen-bond donors (Lipinski definition) is 0. The molecule has 2 aromatic carbocycles. The fraction of sp³-hybridized carbons (Fsp3) is 0.292. The van der Waals surface area contributed by atoms with Gasteiger partial charge in [0.25, 0.3) is 0 Å². The second-order valence-corrected chi connectivity index (χ2v) is 10.1. The van der Waals surface area contributed by atoms with Gasteiger partial charge in [0.05, 0.1) is 37.1 Å². The Labute approximate surface area is 241 Å². The van der Waals surface area contributed by atoms with Gasteiger partial charge in [-0.05, 0) is 23.6 Å². The van der Waals surface area contributed by atoms with Crippen LogP contribution in [0.4, 0.5) is 5.69 Å². The van der Waals surface area contributed by atoms with E-state index in [4.69, 9.17) is 9.47 Å². The molecule has 0 saturated carbocycles. The van der Waals surface area contributed by atoms with E-state index in [0.29, 0.717) is 52.8 Å². The van der Waals surface area contributed by atoms with Gasteiger partial charge in [-0.3, -0.25) is 14.5 Å². The number of pyridine rings is 1. The maximum atomic E-state index is 13.5. The molecule has 1 unspecified atom stereocenters. The van der Waals surface area contributed by atoms with Crippen molar-refractivity contribution in [2.75, 3.05) is 33.4 Å². The molecule has 1 atom stereocenters. The molecular weight excluding hydrogens is 525 g/mol. The van der Waals surface area contributed by atoms with Crippen molar-refractivity contribution in [3.8, 4) is 11.3 Å². The van der Waals surface area contributed by atoms with Crippen LogP contribution in [-0.2, 0) is 26.7 Å². The summed E-state index contributed by atoms with van der Waals surface area (Å²) in [7, 11) is -0.740. The second kappa shape index (κ2) is 13.1. The Kier molecular flexibility index (Phi) is 10.9. The van der Waals surface area contributed by atoms with Gasteiger partial charge < -0.3 is 25.1 Å². The van der Waals surface area contributed by atoms with Gasteiger partial charge in [-0.2, -0.15) is 5.10 Å². The van der Waals surface area contributed by atoms with Gasteiger partial charge in [0.15, 0.2) is 15.6 Å². The zero-order chi connectivity index (χ0) is 24.6. The van der Waals surface area contributed by atoms with Gasteiger partial charge >= 0.3 is 29.6 Å². The van der Waals surface area contributed by atoms with Gasteiger partial charge in [-0.1, -0.05) is 24.3 Å². The summed E-state index contributed by atoms with van der Waals surface area (Å²) in [6, 6.07) is 11.9. The number of nitrogens with zero attached hydrogens (tertiary/aromatic N) is 5. The minimum absolute atomic E-state index is 0. The largest absolute Gasteiger partial charge is 1.00 e. The number of benzene rings is 1. The van der Waals surface area contributed by atoms with Gasteiger partial charge in [0.2, 0.25) is 0 Å². The van der Waals surface area contributed by atoms with Gasteiger partial charge in [-0.15, -0.1) is 5.69 Å². The number of aromatic nitrogens is 3. The van der Waals surface area contributed by atoms with Crippen molar-refractivity contribution in [3.05, 3.63) is 69.8 Å². The summed E-state index contributed by atoms with van der Waals surface area (Å²) in [5, 5.41) is 5.80. The summed E-state index contributed by atoms with van der Waals surface area (Å²) in [4.78, 5) is 17.9. The van der Waals surface area contributed by atoms with E-state index in [-0.39, 0.29) is 64.3 Å². The molecule has 0 bridgehead atoms. The Morgan fingerprint density at radius 2 is 1.87 bits per heavy atom.